The predicted molar refractivity (Wildman–Crippen MR) is 100 cm³/mol. The molecule has 27 heavy (non-hydrogen) atoms. The molecule has 0 aliphatic heterocycles. The molecule has 0 radical (unpaired) electrons. The number of carboxylic acids is 1. The van der Waals surface area contributed by atoms with E-state index in [1.54, 1.807) is 0 Å². The number of amides is 1. The normalized spacial score (nSPS) is 11.7. The fourth-order valence-electron chi connectivity index (χ4n) is 3.22. The summed E-state index contributed by atoms with van der Waals surface area (Å²) in [6.07, 6.45) is 12.0. The monoisotopic (exact) mass is 411 g/mol. The molecule has 1 atom stereocenters. The van der Waals surface area contributed by atoms with Gasteiger partial charge in [0.25, 0.3) is 0 Å². The van der Waals surface area contributed by atoms with Crippen molar-refractivity contribution in [3.05, 3.63) is 0 Å². The molecule has 0 aliphatic rings. The number of hydrogen-bond acceptors (Lipinski definition) is 5. The largest absolute Gasteiger partial charge is 1.00 e. The maximum absolute atomic E-state index is 12.5. The number of carbonyl (C=O) groups excluding carboxylic acids is 2. The molecule has 0 aromatic heterocycles. The van der Waals surface area contributed by atoms with Gasteiger partial charge in [-0.15, -0.1) is 0 Å². The topological polar surface area (TPSA) is 101 Å². The molecule has 0 bridgehead atoms. The summed E-state index contributed by atoms with van der Waals surface area (Å²) in [5.41, 5.74) is 0. The van der Waals surface area contributed by atoms with Gasteiger partial charge in [-0.1, -0.05) is 71.1 Å². The Kier molecular flexibility index (Phi) is 23.3. The summed E-state index contributed by atoms with van der Waals surface area (Å²) in [7, 11) is 0. The summed E-state index contributed by atoms with van der Waals surface area (Å²) >= 11 is 0. The minimum atomic E-state index is -1.23. The smallest absolute Gasteiger partial charge is 0.550 e. The van der Waals surface area contributed by atoms with Crippen molar-refractivity contribution < 1.29 is 76.3 Å². The van der Waals surface area contributed by atoms with Gasteiger partial charge < -0.3 is 25.0 Å². The summed E-state index contributed by atoms with van der Waals surface area (Å²) in [6, 6.07) is 0. The first-order valence-corrected chi connectivity index (χ1v) is 10.3. The Morgan fingerprint density at radius 2 is 1.30 bits per heavy atom. The van der Waals surface area contributed by atoms with Crippen LogP contribution < -0.4 is 56.5 Å². The summed E-state index contributed by atoms with van der Waals surface area (Å²) in [5, 5.41) is 29.0. The summed E-state index contributed by atoms with van der Waals surface area (Å²) in [6.45, 7) is 2.03. The Hall–Kier alpha value is 0.496. The zero-order valence-corrected chi connectivity index (χ0v) is 20.6. The molecule has 1 unspecified atom stereocenters. The minimum Gasteiger partial charge on any atom is -0.550 e. The van der Waals surface area contributed by atoms with Gasteiger partial charge in [-0.2, -0.15) is 0 Å². The van der Waals surface area contributed by atoms with Gasteiger partial charge in [0.1, 0.15) is 0 Å². The first-order valence-electron chi connectivity index (χ1n) is 10.3. The van der Waals surface area contributed by atoms with Gasteiger partial charge >= 0.3 is 51.4 Å². The molecule has 154 valence electrons. The number of aliphatic hydroxyl groups is 2. The molecular weight excluding hydrogens is 373 g/mol. The van der Waals surface area contributed by atoms with Gasteiger partial charge in [-0.3, -0.25) is 4.79 Å². The fraction of sp³-hybridized carbons (Fsp3) is 0.900. The minimum absolute atomic E-state index is 0. The maximum atomic E-state index is 12.5. The number of unbranched alkanes of at least 4 members (excludes halogenated alkanes) is 9. The molecule has 0 aromatic carbocycles. The van der Waals surface area contributed by atoms with Gasteiger partial charge in [0.15, 0.2) is 0 Å². The van der Waals surface area contributed by atoms with Gasteiger partial charge in [0.05, 0.1) is 13.2 Å². The molecule has 6 nitrogen and oxygen atoms in total. The van der Waals surface area contributed by atoms with Crippen LogP contribution in [-0.2, 0) is 9.59 Å². The second kappa shape index (κ2) is 21.2. The third kappa shape index (κ3) is 17.1. The van der Waals surface area contributed by atoms with E-state index in [0.717, 1.165) is 19.3 Å². The maximum Gasteiger partial charge on any atom is 1.00 e. The van der Waals surface area contributed by atoms with E-state index in [0.29, 0.717) is 6.42 Å². The molecule has 0 saturated heterocycles. The number of carbonyl (C=O) groups is 2. The van der Waals surface area contributed by atoms with Crippen molar-refractivity contribution in [2.75, 3.05) is 26.3 Å². The third-order valence-corrected chi connectivity index (χ3v) is 4.72. The van der Waals surface area contributed by atoms with Crippen molar-refractivity contribution in [2.45, 2.75) is 84.0 Å². The molecule has 0 fully saturated rings. The molecule has 0 heterocycles. The molecule has 1 amide bonds. The van der Waals surface area contributed by atoms with Crippen LogP contribution in [0.4, 0.5) is 0 Å². The van der Waals surface area contributed by atoms with Crippen LogP contribution in [-0.4, -0.2) is 53.3 Å². The van der Waals surface area contributed by atoms with Gasteiger partial charge in [-0.25, -0.2) is 0 Å². The van der Waals surface area contributed by atoms with E-state index in [2.05, 4.69) is 6.92 Å². The van der Waals surface area contributed by atoms with E-state index in [-0.39, 0.29) is 90.0 Å². The Labute approximate surface area is 207 Å². The molecule has 7 heteroatoms. The molecular formula is C20H38KNO5. The summed E-state index contributed by atoms with van der Waals surface area (Å²) < 4.78 is 0. The van der Waals surface area contributed by atoms with Crippen LogP contribution >= 0.6 is 0 Å². The van der Waals surface area contributed by atoms with Crippen LogP contribution in [0, 0.1) is 5.92 Å². The number of nitrogens with zero attached hydrogens (tertiary/aromatic N) is 1. The standard InChI is InChI=1S/C20H39NO5.K/c1-2-3-4-5-6-7-8-9-10-11-12-18(17-19(24)25)20(26)21(13-15-22)14-16-23;/h18,22-23H,2-17H2,1H3,(H,24,25);/q;+1/p-1. The van der Waals surface area contributed by atoms with Gasteiger partial charge in [-0.05, 0) is 12.8 Å². The van der Waals surface area contributed by atoms with E-state index in [1.165, 1.54) is 49.8 Å². The third-order valence-electron chi connectivity index (χ3n) is 4.72. The van der Waals surface area contributed by atoms with E-state index < -0.39 is 11.9 Å². The SMILES string of the molecule is CCCCCCCCCCCCC(CC(=O)[O-])C(=O)N(CCO)CCO.[K+]. The quantitative estimate of drug-likeness (QED) is 0.220. The molecule has 0 spiro atoms. The van der Waals surface area contributed by atoms with Crippen molar-refractivity contribution in [2.24, 2.45) is 5.92 Å². The fourth-order valence-corrected chi connectivity index (χ4v) is 3.22. The first-order chi connectivity index (χ1) is 12.6. The number of rotatable bonds is 18. The average molecular weight is 412 g/mol. The van der Waals surface area contributed by atoms with Gasteiger partial charge in [0, 0.05) is 25.0 Å². The number of aliphatic carboxylic acids is 1. The number of aliphatic hydroxyl groups excluding tert-OH is 2. The van der Waals surface area contributed by atoms with Crippen LogP contribution in [0.5, 0.6) is 0 Å². The van der Waals surface area contributed by atoms with Crippen LogP contribution in [0.15, 0.2) is 0 Å². The van der Waals surface area contributed by atoms with E-state index in [9.17, 15) is 14.7 Å². The van der Waals surface area contributed by atoms with Crippen molar-refractivity contribution in [1.82, 2.24) is 4.90 Å². The van der Waals surface area contributed by atoms with Crippen molar-refractivity contribution in [1.29, 1.82) is 0 Å². The van der Waals surface area contributed by atoms with Crippen LogP contribution in [0.1, 0.15) is 84.0 Å². The molecule has 0 saturated carbocycles. The Balaban J connectivity index is 0. The van der Waals surface area contributed by atoms with E-state index in [1.807, 2.05) is 0 Å². The summed E-state index contributed by atoms with van der Waals surface area (Å²) in [4.78, 5) is 24.8. The van der Waals surface area contributed by atoms with Crippen molar-refractivity contribution >= 4 is 11.9 Å². The van der Waals surface area contributed by atoms with Gasteiger partial charge in [0.2, 0.25) is 5.91 Å². The number of hydrogen-bond donors (Lipinski definition) is 2. The van der Waals surface area contributed by atoms with Crippen LogP contribution in [0.2, 0.25) is 0 Å². The second-order valence-electron chi connectivity index (χ2n) is 7.02. The van der Waals surface area contributed by atoms with Crippen LogP contribution in [0.25, 0.3) is 0 Å². The predicted octanol–water partition coefficient (Wildman–Crippen LogP) is -1.13. The van der Waals surface area contributed by atoms with Crippen LogP contribution in [0.3, 0.4) is 0 Å². The van der Waals surface area contributed by atoms with E-state index in [4.69, 9.17) is 10.2 Å². The van der Waals surface area contributed by atoms with Crippen molar-refractivity contribution in [3.8, 4) is 0 Å². The molecule has 0 rings (SSSR count). The Bertz CT molecular complexity index is 362. The zero-order valence-electron chi connectivity index (χ0n) is 17.5. The zero-order chi connectivity index (χ0) is 19.6. The average Bonchev–Trinajstić information content (AvgIpc) is 2.61. The second-order valence-corrected chi connectivity index (χ2v) is 7.02. The number of carboxylic acid groups (broad SMARTS) is 1. The Morgan fingerprint density at radius 1 is 0.852 bits per heavy atom. The first kappa shape index (κ1) is 29.7. The summed E-state index contributed by atoms with van der Waals surface area (Å²) in [5.74, 6) is -2.18. The Morgan fingerprint density at radius 3 is 1.70 bits per heavy atom. The molecule has 2 N–H and O–H groups in total. The molecule has 0 aromatic rings. The van der Waals surface area contributed by atoms with Crippen molar-refractivity contribution in [3.63, 3.8) is 0 Å². The van der Waals surface area contributed by atoms with E-state index >= 15 is 0 Å². The molecule has 0 aliphatic carbocycles.